The third-order valence-corrected chi connectivity index (χ3v) is 4.70. The average molecular weight is 286 g/mol. The van der Waals surface area contributed by atoms with Gasteiger partial charge >= 0.3 is 0 Å². The molecule has 1 aliphatic rings. The van der Waals surface area contributed by atoms with Gasteiger partial charge in [-0.15, -0.1) is 0 Å². The average Bonchev–Trinajstić information content (AvgIpc) is 2.81. The molecule has 1 aromatic heterocycles. The van der Waals surface area contributed by atoms with Crippen molar-refractivity contribution in [2.45, 2.75) is 38.8 Å². The summed E-state index contributed by atoms with van der Waals surface area (Å²) < 4.78 is 8.72. The second-order valence-corrected chi connectivity index (χ2v) is 6.47. The van der Waals surface area contributed by atoms with E-state index in [0.717, 1.165) is 32.5 Å². The van der Waals surface area contributed by atoms with Crippen LogP contribution in [0.3, 0.4) is 0 Å². The molecule has 0 fully saturated rings. The molecule has 0 spiro atoms. The Morgan fingerprint density at radius 1 is 1.29 bits per heavy atom. The summed E-state index contributed by atoms with van der Waals surface area (Å²) in [5.74, 6) is 0. The highest BCUT2D eigenvalue weighted by atomic mass is 16.5. The van der Waals surface area contributed by atoms with Gasteiger partial charge < -0.3 is 14.2 Å². The molecule has 21 heavy (non-hydrogen) atoms. The fourth-order valence-corrected chi connectivity index (χ4v) is 3.64. The van der Waals surface area contributed by atoms with Gasteiger partial charge in [0.2, 0.25) is 0 Å². The van der Waals surface area contributed by atoms with Crippen LogP contribution in [-0.4, -0.2) is 36.7 Å². The van der Waals surface area contributed by atoms with E-state index in [1.54, 1.807) is 0 Å². The van der Waals surface area contributed by atoms with Gasteiger partial charge in [-0.2, -0.15) is 0 Å². The summed E-state index contributed by atoms with van der Waals surface area (Å²) in [6, 6.07) is 8.79. The maximum Gasteiger partial charge on any atom is 0.107 e. The molecular formula is C18H26N2O. The van der Waals surface area contributed by atoms with Crippen molar-refractivity contribution in [3.8, 4) is 0 Å². The minimum absolute atomic E-state index is 0.174. The highest BCUT2D eigenvalue weighted by molar-refractivity contribution is 5.86. The normalized spacial score (nSPS) is 22.0. The highest BCUT2D eigenvalue weighted by Crippen LogP contribution is 2.41. The van der Waals surface area contributed by atoms with E-state index in [4.69, 9.17) is 4.74 Å². The summed E-state index contributed by atoms with van der Waals surface area (Å²) in [7, 11) is 4.25. The highest BCUT2D eigenvalue weighted by Gasteiger charge is 2.37. The number of para-hydroxylation sites is 1. The number of hydrogen-bond acceptors (Lipinski definition) is 2. The van der Waals surface area contributed by atoms with Crippen molar-refractivity contribution in [3.05, 3.63) is 35.5 Å². The van der Waals surface area contributed by atoms with Gasteiger partial charge in [-0.25, -0.2) is 0 Å². The molecule has 3 rings (SSSR count). The van der Waals surface area contributed by atoms with Gasteiger partial charge in [-0.05, 0) is 52.4 Å². The fourth-order valence-electron chi connectivity index (χ4n) is 3.64. The first kappa shape index (κ1) is 14.6. The van der Waals surface area contributed by atoms with Crippen molar-refractivity contribution in [1.82, 2.24) is 9.47 Å². The standard InChI is InChI=1S/C18H26N2O/c1-5-20-16-9-7-6-8-14(16)15-10-13-21-18(2,17(15)20)11-12-19(3)4/h6-9H,5,10-13H2,1-4H3. The lowest BCUT2D eigenvalue weighted by atomic mass is 9.89. The second kappa shape index (κ2) is 5.47. The lowest BCUT2D eigenvalue weighted by Crippen LogP contribution is -2.37. The van der Waals surface area contributed by atoms with E-state index in [9.17, 15) is 0 Å². The molecule has 3 nitrogen and oxygen atoms in total. The number of fused-ring (bicyclic) bond motifs is 3. The Morgan fingerprint density at radius 3 is 2.76 bits per heavy atom. The Balaban J connectivity index is 2.16. The van der Waals surface area contributed by atoms with Crippen LogP contribution >= 0.6 is 0 Å². The topological polar surface area (TPSA) is 17.4 Å². The number of benzene rings is 1. The van der Waals surface area contributed by atoms with Gasteiger partial charge in [0.15, 0.2) is 0 Å². The molecule has 0 aliphatic carbocycles. The summed E-state index contributed by atoms with van der Waals surface area (Å²) in [6.07, 6.45) is 2.06. The molecule has 0 radical (unpaired) electrons. The minimum Gasteiger partial charge on any atom is -0.369 e. The predicted octanol–water partition coefficient (Wildman–Crippen LogP) is 3.40. The minimum atomic E-state index is -0.174. The molecular weight excluding hydrogens is 260 g/mol. The SMILES string of the molecule is CCn1c2c(c3ccccc31)CCOC2(C)CCN(C)C. The molecule has 0 amide bonds. The third-order valence-electron chi connectivity index (χ3n) is 4.70. The summed E-state index contributed by atoms with van der Waals surface area (Å²) >= 11 is 0. The lowest BCUT2D eigenvalue weighted by Gasteiger charge is -2.36. The fraction of sp³-hybridized carbons (Fsp3) is 0.556. The number of aryl methyl sites for hydroxylation is 1. The summed E-state index contributed by atoms with van der Waals surface area (Å²) in [5, 5.41) is 1.41. The molecule has 3 heteroatoms. The van der Waals surface area contributed by atoms with E-state index in [2.05, 4.69) is 61.7 Å². The lowest BCUT2D eigenvalue weighted by molar-refractivity contribution is -0.0604. The largest absolute Gasteiger partial charge is 0.369 e. The maximum atomic E-state index is 6.27. The van der Waals surface area contributed by atoms with Crippen molar-refractivity contribution < 1.29 is 4.74 Å². The van der Waals surface area contributed by atoms with Crippen LogP contribution in [0.5, 0.6) is 0 Å². The molecule has 0 bridgehead atoms. The quantitative estimate of drug-likeness (QED) is 0.857. The van der Waals surface area contributed by atoms with E-state index < -0.39 is 0 Å². The third kappa shape index (κ3) is 2.39. The molecule has 0 N–H and O–H groups in total. The van der Waals surface area contributed by atoms with Crippen LogP contribution in [0.4, 0.5) is 0 Å². The molecule has 0 saturated heterocycles. The second-order valence-electron chi connectivity index (χ2n) is 6.47. The molecule has 2 aromatic rings. The van der Waals surface area contributed by atoms with Gasteiger partial charge in [0.25, 0.3) is 0 Å². The van der Waals surface area contributed by atoms with E-state index in [1.807, 2.05) is 0 Å². The predicted molar refractivity (Wildman–Crippen MR) is 87.8 cm³/mol. The first-order chi connectivity index (χ1) is 10.1. The van der Waals surface area contributed by atoms with Crippen LogP contribution in [0.1, 0.15) is 31.5 Å². The van der Waals surface area contributed by atoms with Gasteiger partial charge in [-0.3, -0.25) is 0 Å². The van der Waals surface area contributed by atoms with E-state index >= 15 is 0 Å². The van der Waals surface area contributed by atoms with Gasteiger partial charge in [0.05, 0.1) is 12.3 Å². The number of nitrogens with zero attached hydrogens (tertiary/aromatic N) is 2. The van der Waals surface area contributed by atoms with Crippen molar-refractivity contribution in [2.75, 3.05) is 27.2 Å². The monoisotopic (exact) mass is 286 g/mol. The van der Waals surface area contributed by atoms with E-state index in [0.29, 0.717) is 0 Å². The zero-order valence-corrected chi connectivity index (χ0v) is 13.6. The van der Waals surface area contributed by atoms with Gasteiger partial charge in [-0.1, -0.05) is 18.2 Å². The number of aromatic nitrogens is 1. The smallest absolute Gasteiger partial charge is 0.107 e. The Morgan fingerprint density at radius 2 is 2.05 bits per heavy atom. The van der Waals surface area contributed by atoms with Crippen molar-refractivity contribution >= 4 is 10.9 Å². The molecule has 1 atom stereocenters. The van der Waals surface area contributed by atoms with Crippen LogP contribution in [0.15, 0.2) is 24.3 Å². The molecule has 2 heterocycles. The Kier molecular flexibility index (Phi) is 3.80. The molecule has 1 aromatic carbocycles. The Bertz CT molecular complexity index is 611. The van der Waals surface area contributed by atoms with E-state index in [-0.39, 0.29) is 5.60 Å². The number of ether oxygens (including phenoxy) is 1. The molecule has 1 aliphatic heterocycles. The number of rotatable bonds is 4. The zero-order valence-electron chi connectivity index (χ0n) is 13.6. The summed E-state index contributed by atoms with van der Waals surface area (Å²) in [6.45, 7) is 7.36. The zero-order chi connectivity index (χ0) is 15.0. The van der Waals surface area contributed by atoms with Crippen molar-refractivity contribution in [1.29, 1.82) is 0 Å². The van der Waals surface area contributed by atoms with Gasteiger partial charge in [0.1, 0.15) is 5.60 Å². The van der Waals surface area contributed by atoms with Crippen LogP contribution in [0.2, 0.25) is 0 Å². The molecule has 0 saturated carbocycles. The van der Waals surface area contributed by atoms with Crippen LogP contribution in [0, 0.1) is 0 Å². The first-order valence-electron chi connectivity index (χ1n) is 7.96. The Labute approximate surface area is 127 Å². The van der Waals surface area contributed by atoms with E-state index in [1.165, 1.54) is 22.2 Å². The van der Waals surface area contributed by atoms with Crippen molar-refractivity contribution in [2.24, 2.45) is 0 Å². The number of hydrogen-bond donors (Lipinski definition) is 0. The van der Waals surface area contributed by atoms with Crippen LogP contribution in [0.25, 0.3) is 10.9 Å². The van der Waals surface area contributed by atoms with Crippen LogP contribution < -0.4 is 0 Å². The summed E-state index contributed by atoms with van der Waals surface area (Å²) in [5.41, 5.74) is 4.08. The van der Waals surface area contributed by atoms with Crippen molar-refractivity contribution in [3.63, 3.8) is 0 Å². The molecule has 1 unspecified atom stereocenters. The van der Waals surface area contributed by atoms with Crippen LogP contribution in [-0.2, 0) is 23.3 Å². The molecule has 114 valence electrons. The first-order valence-corrected chi connectivity index (χ1v) is 7.96. The maximum absolute atomic E-state index is 6.27. The summed E-state index contributed by atoms with van der Waals surface area (Å²) in [4.78, 5) is 2.24. The Hall–Kier alpha value is -1.32. The van der Waals surface area contributed by atoms with Gasteiger partial charge in [0, 0.05) is 24.0 Å².